The standard InChI is InChI=1S/C15H23N5O/c1-7-12-18-14(16-6)8(2)15(19-12)17-9(3)13-10(4)20-21-11(13)5/h9H,7H2,1-6H3,(H2,16,17,18,19). The Morgan fingerprint density at radius 3 is 2.33 bits per heavy atom. The van der Waals surface area contributed by atoms with Gasteiger partial charge in [-0.2, -0.15) is 0 Å². The van der Waals surface area contributed by atoms with Crippen molar-refractivity contribution < 1.29 is 4.52 Å². The lowest BCUT2D eigenvalue weighted by Gasteiger charge is -2.18. The lowest BCUT2D eigenvalue weighted by atomic mass is 10.1. The molecule has 0 bridgehead atoms. The van der Waals surface area contributed by atoms with E-state index in [9.17, 15) is 0 Å². The quantitative estimate of drug-likeness (QED) is 0.880. The molecule has 0 radical (unpaired) electrons. The summed E-state index contributed by atoms with van der Waals surface area (Å²) in [5, 5.41) is 10.6. The van der Waals surface area contributed by atoms with Crippen LogP contribution in [-0.4, -0.2) is 22.2 Å². The van der Waals surface area contributed by atoms with Gasteiger partial charge in [-0.25, -0.2) is 9.97 Å². The van der Waals surface area contributed by atoms with Crippen molar-refractivity contribution in [2.45, 2.75) is 47.1 Å². The summed E-state index contributed by atoms with van der Waals surface area (Å²) >= 11 is 0. The first-order chi connectivity index (χ1) is 9.97. The van der Waals surface area contributed by atoms with Gasteiger partial charge in [0.15, 0.2) is 0 Å². The monoisotopic (exact) mass is 289 g/mol. The molecule has 0 saturated heterocycles. The summed E-state index contributed by atoms with van der Waals surface area (Å²) in [5.74, 6) is 3.36. The van der Waals surface area contributed by atoms with Crippen LogP contribution in [0, 0.1) is 20.8 Å². The summed E-state index contributed by atoms with van der Waals surface area (Å²) in [6, 6.07) is 0.0688. The van der Waals surface area contributed by atoms with Gasteiger partial charge in [0.25, 0.3) is 0 Å². The van der Waals surface area contributed by atoms with E-state index in [4.69, 9.17) is 4.52 Å². The van der Waals surface area contributed by atoms with E-state index < -0.39 is 0 Å². The molecule has 0 amide bonds. The van der Waals surface area contributed by atoms with Crippen LogP contribution in [0.15, 0.2) is 4.52 Å². The normalized spacial score (nSPS) is 12.3. The van der Waals surface area contributed by atoms with Crippen LogP contribution in [0.4, 0.5) is 11.6 Å². The fourth-order valence-electron chi connectivity index (χ4n) is 2.49. The van der Waals surface area contributed by atoms with Gasteiger partial charge in [-0.1, -0.05) is 12.1 Å². The molecule has 2 rings (SSSR count). The van der Waals surface area contributed by atoms with Crippen molar-refractivity contribution >= 4 is 11.6 Å². The van der Waals surface area contributed by atoms with Crippen molar-refractivity contribution in [3.8, 4) is 0 Å². The number of nitrogens with one attached hydrogen (secondary N) is 2. The predicted molar refractivity (Wildman–Crippen MR) is 83.7 cm³/mol. The third kappa shape index (κ3) is 2.99. The minimum atomic E-state index is 0.0688. The Morgan fingerprint density at radius 1 is 1.14 bits per heavy atom. The van der Waals surface area contributed by atoms with E-state index in [1.165, 1.54) is 0 Å². The second-order valence-electron chi connectivity index (χ2n) is 5.17. The van der Waals surface area contributed by atoms with Crippen LogP contribution in [-0.2, 0) is 6.42 Å². The minimum absolute atomic E-state index is 0.0688. The summed E-state index contributed by atoms with van der Waals surface area (Å²) in [6.07, 6.45) is 0.795. The molecule has 6 nitrogen and oxygen atoms in total. The van der Waals surface area contributed by atoms with Crippen LogP contribution >= 0.6 is 0 Å². The molecule has 21 heavy (non-hydrogen) atoms. The Bertz CT molecular complexity index is 616. The van der Waals surface area contributed by atoms with Crippen LogP contribution in [0.25, 0.3) is 0 Å². The minimum Gasteiger partial charge on any atom is -0.373 e. The van der Waals surface area contributed by atoms with Crippen molar-refractivity contribution in [2.75, 3.05) is 17.7 Å². The molecule has 114 valence electrons. The van der Waals surface area contributed by atoms with Gasteiger partial charge in [-0.15, -0.1) is 0 Å². The smallest absolute Gasteiger partial charge is 0.139 e. The second-order valence-corrected chi connectivity index (χ2v) is 5.17. The Labute approximate surface area is 125 Å². The third-order valence-electron chi connectivity index (χ3n) is 3.62. The van der Waals surface area contributed by atoms with Gasteiger partial charge in [0.05, 0.1) is 11.7 Å². The van der Waals surface area contributed by atoms with E-state index in [2.05, 4.69) is 32.7 Å². The summed E-state index contributed by atoms with van der Waals surface area (Å²) in [7, 11) is 1.87. The summed E-state index contributed by atoms with van der Waals surface area (Å²) in [4.78, 5) is 9.08. The van der Waals surface area contributed by atoms with Crippen molar-refractivity contribution in [3.63, 3.8) is 0 Å². The first-order valence-corrected chi connectivity index (χ1v) is 7.22. The maximum absolute atomic E-state index is 5.24. The van der Waals surface area contributed by atoms with Gasteiger partial charge in [0, 0.05) is 24.6 Å². The lowest BCUT2D eigenvalue weighted by molar-refractivity contribution is 0.392. The van der Waals surface area contributed by atoms with Gasteiger partial charge < -0.3 is 15.2 Å². The van der Waals surface area contributed by atoms with Crippen molar-refractivity contribution in [3.05, 3.63) is 28.4 Å². The zero-order chi connectivity index (χ0) is 15.6. The Morgan fingerprint density at radius 2 is 1.81 bits per heavy atom. The molecular formula is C15H23N5O. The predicted octanol–water partition coefficient (Wildman–Crippen LogP) is 3.17. The van der Waals surface area contributed by atoms with Gasteiger partial charge in [-0.05, 0) is 27.7 Å². The highest BCUT2D eigenvalue weighted by molar-refractivity contribution is 5.58. The number of rotatable bonds is 5. The number of hydrogen-bond donors (Lipinski definition) is 2. The Balaban J connectivity index is 2.35. The highest BCUT2D eigenvalue weighted by Crippen LogP contribution is 2.27. The highest BCUT2D eigenvalue weighted by Gasteiger charge is 2.18. The molecule has 2 aromatic heterocycles. The van der Waals surface area contributed by atoms with Crippen molar-refractivity contribution in [1.29, 1.82) is 0 Å². The van der Waals surface area contributed by atoms with E-state index in [-0.39, 0.29) is 6.04 Å². The highest BCUT2D eigenvalue weighted by atomic mass is 16.5. The molecule has 0 aliphatic heterocycles. The van der Waals surface area contributed by atoms with Crippen LogP contribution in [0.1, 0.15) is 48.3 Å². The summed E-state index contributed by atoms with van der Waals surface area (Å²) in [6.45, 7) is 10.0. The molecule has 2 heterocycles. The Hall–Kier alpha value is -2.11. The maximum Gasteiger partial charge on any atom is 0.139 e. The topological polar surface area (TPSA) is 75.9 Å². The van der Waals surface area contributed by atoms with Crippen LogP contribution < -0.4 is 10.6 Å². The maximum atomic E-state index is 5.24. The third-order valence-corrected chi connectivity index (χ3v) is 3.62. The average molecular weight is 289 g/mol. The molecule has 0 spiro atoms. The summed E-state index contributed by atoms with van der Waals surface area (Å²) in [5.41, 5.74) is 2.99. The number of hydrogen-bond acceptors (Lipinski definition) is 6. The molecule has 0 aliphatic carbocycles. The molecule has 0 aliphatic rings. The van der Waals surface area contributed by atoms with E-state index in [0.717, 1.165) is 46.5 Å². The molecule has 0 saturated carbocycles. The van der Waals surface area contributed by atoms with E-state index >= 15 is 0 Å². The largest absolute Gasteiger partial charge is 0.373 e. The second kappa shape index (κ2) is 6.11. The molecule has 2 aromatic rings. The van der Waals surface area contributed by atoms with Gasteiger partial charge in [-0.3, -0.25) is 0 Å². The zero-order valence-electron chi connectivity index (χ0n) is 13.5. The van der Waals surface area contributed by atoms with Gasteiger partial charge in [0.1, 0.15) is 23.2 Å². The van der Waals surface area contributed by atoms with Crippen molar-refractivity contribution in [1.82, 2.24) is 15.1 Å². The van der Waals surface area contributed by atoms with E-state index in [1.54, 1.807) is 0 Å². The summed E-state index contributed by atoms with van der Waals surface area (Å²) < 4.78 is 5.24. The molecule has 1 atom stereocenters. The molecular weight excluding hydrogens is 266 g/mol. The molecule has 1 unspecified atom stereocenters. The van der Waals surface area contributed by atoms with Gasteiger partial charge in [0.2, 0.25) is 0 Å². The SMILES string of the molecule is CCc1nc(NC)c(C)c(NC(C)c2c(C)noc2C)n1. The number of nitrogens with zero attached hydrogens (tertiary/aromatic N) is 3. The van der Waals surface area contributed by atoms with E-state index in [1.807, 2.05) is 34.7 Å². The van der Waals surface area contributed by atoms with Crippen molar-refractivity contribution in [2.24, 2.45) is 0 Å². The van der Waals surface area contributed by atoms with Crippen LogP contribution in [0.3, 0.4) is 0 Å². The molecule has 0 aromatic carbocycles. The van der Waals surface area contributed by atoms with Gasteiger partial charge >= 0.3 is 0 Å². The van der Waals surface area contributed by atoms with Crippen LogP contribution in [0.2, 0.25) is 0 Å². The molecule has 0 fully saturated rings. The molecule has 2 N–H and O–H groups in total. The first kappa shape index (κ1) is 15.3. The average Bonchev–Trinajstić information content (AvgIpc) is 2.80. The fourth-order valence-corrected chi connectivity index (χ4v) is 2.49. The number of aromatic nitrogens is 3. The van der Waals surface area contributed by atoms with E-state index in [0.29, 0.717) is 0 Å². The fraction of sp³-hybridized carbons (Fsp3) is 0.533. The first-order valence-electron chi connectivity index (χ1n) is 7.22. The zero-order valence-corrected chi connectivity index (χ0v) is 13.5. The Kier molecular flexibility index (Phi) is 4.45. The van der Waals surface area contributed by atoms with Crippen LogP contribution in [0.5, 0.6) is 0 Å². The lowest BCUT2D eigenvalue weighted by Crippen LogP contribution is -2.13. The molecule has 6 heteroatoms. The number of aryl methyl sites for hydroxylation is 3. The number of anilines is 2.